The largest absolute Gasteiger partial charge is 0.503 e. The molecule has 1 aliphatic rings. The van der Waals surface area contributed by atoms with Gasteiger partial charge in [0.25, 0.3) is 5.91 Å². The molecule has 36 heavy (non-hydrogen) atoms. The molecule has 0 bridgehead atoms. The summed E-state index contributed by atoms with van der Waals surface area (Å²) in [4.78, 5) is 29.6. The van der Waals surface area contributed by atoms with Crippen molar-refractivity contribution >= 4 is 11.7 Å². The molecular weight excluding hydrogens is 460 g/mol. The lowest BCUT2D eigenvalue weighted by Crippen LogP contribution is -2.36. The summed E-state index contributed by atoms with van der Waals surface area (Å²) < 4.78 is 16.8. The molecule has 8 heteroatoms. The Balaban J connectivity index is 1.49. The lowest BCUT2D eigenvalue weighted by atomic mass is 9.95. The molecular formula is C28H30N2O6. The van der Waals surface area contributed by atoms with Crippen molar-refractivity contribution in [2.24, 2.45) is 0 Å². The Labute approximate surface area is 210 Å². The van der Waals surface area contributed by atoms with Crippen LogP contribution in [0.4, 0.5) is 0 Å². The third kappa shape index (κ3) is 5.44. The molecule has 1 aliphatic heterocycles. The van der Waals surface area contributed by atoms with E-state index in [0.29, 0.717) is 37.6 Å². The van der Waals surface area contributed by atoms with Crippen LogP contribution in [0.2, 0.25) is 0 Å². The number of furan rings is 1. The highest BCUT2D eigenvalue weighted by atomic mass is 16.5. The Morgan fingerprint density at radius 3 is 2.42 bits per heavy atom. The number of hydrogen-bond donors (Lipinski definition) is 1. The number of hydrogen-bond acceptors (Lipinski definition) is 7. The predicted octanol–water partition coefficient (Wildman–Crippen LogP) is 4.19. The molecule has 1 aromatic heterocycles. The maximum atomic E-state index is 13.2. The van der Waals surface area contributed by atoms with Gasteiger partial charge in [-0.2, -0.15) is 0 Å². The zero-order valence-corrected chi connectivity index (χ0v) is 20.6. The summed E-state index contributed by atoms with van der Waals surface area (Å²) >= 11 is 0. The van der Waals surface area contributed by atoms with Crippen LogP contribution in [0.3, 0.4) is 0 Å². The normalized spacial score (nSPS) is 15.6. The number of ketones is 1. The molecule has 8 nitrogen and oxygen atoms in total. The van der Waals surface area contributed by atoms with Gasteiger partial charge in [0.2, 0.25) is 5.78 Å². The number of ether oxygens (including phenoxy) is 2. The van der Waals surface area contributed by atoms with Gasteiger partial charge in [0.15, 0.2) is 11.5 Å². The van der Waals surface area contributed by atoms with Gasteiger partial charge in [-0.25, -0.2) is 0 Å². The van der Waals surface area contributed by atoms with E-state index in [9.17, 15) is 14.7 Å². The first kappa shape index (κ1) is 25.1. The number of Topliss-reactive ketones (excluding diaryl/α,β-unsaturated/α-hetero) is 1. The first-order valence-corrected chi connectivity index (χ1v) is 11.7. The number of carbonyl (C=O) groups excluding carboxylic acids is 2. The van der Waals surface area contributed by atoms with Crippen molar-refractivity contribution in [3.63, 3.8) is 0 Å². The summed E-state index contributed by atoms with van der Waals surface area (Å²) in [5.41, 5.74) is 1.75. The van der Waals surface area contributed by atoms with E-state index in [1.807, 2.05) is 50.2 Å². The van der Waals surface area contributed by atoms with Gasteiger partial charge in [-0.05, 0) is 62.5 Å². The topological polar surface area (TPSA) is 92.4 Å². The second-order valence-corrected chi connectivity index (χ2v) is 8.80. The number of likely N-dealkylation sites (N-methyl/N-ethyl adjacent to an activating group) is 1. The number of amides is 1. The fourth-order valence-corrected chi connectivity index (χ4v) is 4.09. The monoisotopic (exact) mass is 490 g/mol. The zero-order valence-electron chi connectivity index (χ0n) is 20.6. The van der Waals surface area contributed by atoms with E-state index in [4.69, 9.17) is 13.9 Å². The van der Waals surface area contributed by atoms with Crippen molar-refractivity contribution in [1.82, 2.24) is 9.80 Å². The van der Waals surface area contributed by atoms with E-state index in [2.05, 4.69) is 0 Å². The van der Waals surface area contributed by atoms with Crippen LogP contribution in [0.1, 0.15) is 27.7 Å². The molecule has 1 amide bonds. The highest BCUT2D eigenvalue weighted by molar-refractivity contribution is 6.15. The highest BCUT2D eigenvalue weighted by Gasteiger charge is 2.44. The minimum Gasteiger partial charge on any atom is -0.503 e. The third-order valence-electron chi connectivity index (χ3n) is 5.98. The van der Waals surface area contributed by atoms with Crippen LogP contribution >= 0.6 is 0 Å². The Bertz CT molecular complexity index is 1230. The van der Waals surface area contributed by atoms with Crippen molar-refractivity contribution in [2.75, 3.05) is 40.4 Å². The number of aliphatic hydroxyl groups excluding tert-OH is 1. The fraction of sp³-hybridized carbons (Fsp3) is 0.286. The van der Waals surface area contributed by atoms with E-state index >= 15 is 0 Å². The fourth-order valence-electron chi connectivity index (χ4n) is 4.09. The van der Waals surface area contributed by atoms with Crippen LogP contribution in [0.5, 0.6) is 11.5 Å². The molecule has 4 rings (SSSR count). The molecule has 0 fully saturated rings. The van der Waals surface area contributed by atoms with Gasteiger partial charge in [0.1, 0.15) is 24.7 Å². The molecule has 0 aliphatic carbocycles. The maximum Gasteiger partial charge on any atom is 0.290 e. The van der Waals surface area contributed by atoms with Gasteiger partial charge in [-0.15, -0.1) is 0 Å². The molecule has 2 aromatic carbocycles. The third-order valence-corrected chi connectivity index (χ3v) is 5.98. The Kier molecular flexibility index (Phi) is 7.75. The van der Waals surface area contributed by atoms with Gasteiger partial charge in [-0.3, -0.25) is 9.59 Å². The molecule has 3 aromatic rings. The number of carbonyl (C=O) groups is 2. The van der Waals surface area contributed by atoms with Gasteiger partial charge >= 0.3 is 0 Å². The summed E-state index contributed by atoms with van der Waals surface area (Å²) in [6.45, 7) is 3.64. The second-order valence-electron chi connectivity index (χ2n) is 8.80. The molecule has 0 saturated carbocycles. The molecule has 0 radical (unpaired) electrons. The molecule has 0 spiro atoms. The van der Waals surface area contributed by atoms with E-state index < -0.39 is 23.5 Å². The lowest BCUT2D eigenvalue weighted by molar-refractivity contribution is -0.129. The molecule has 188 valence electrons. The van der Waals surface area contributed by atoms with E-state index in [0.717, 1.165) is 11.3 Å². The average Bonchev–Trinajstić information content (AvgIpc) is 3.49. The van der Waals surface area contributed by atoms with Crippen molar-refractivity contribution in [3.05, 3.63) is 95.1 Å². The lowest BCUT2D eigenvalue weighted by Gasteiger charge is -2.28. The van der Waals surface area contributed by atoms with Crippen molar-refractivity contribution in [1.29, 1.82) is 0 Å². The minimum atomic E-state index is -0.742. The highest BCUT2D eigenvalue weighted by Crippen LogP contribution is 2.39. The summed E-state index contributed by atoms with van der Waals surface area (Å²) in [6, 6.07) is 17.3. The van der Waals surface area contributed by atoms with Crippen molar-refractivity contribution in [3.8, 4) is 11.5 Å². The molecule has 1 atom stereocenters. The first-order chi connectivity index (χ1) is 17.4. The number of aryl methyl sites for hydroxylation is 1. The minimum absolute atomic E-state index is 0.00834. The zero-order chi connectivity index (χ0) is 25.7. The maximum absolute atomic E-state index is 13.2. The van der Waals surface area contributed by atoms with Crippen LogP contribution in [0.25, 0.3) is 0 Å². The number of nitrogens with zero attached hydrogens (tertiary/aromatic N) is 2. The van der Waals surface area contributed by atoms with E-state index in [1.54, 1.807) is 30.3 Å². The van der Waals surface area contributed by atoms with Crippen LogP contribution in [-0.4, -0.2) is 67.0 Å². The molecule has 2 heterocycles. The predicted molar refractivity (Wildman–Crippen MR) is 134 cm³/mol. The summed E-state index contributed by atoms with van der Waals surface area (Å²) in [7, 11) is 3.79. The van der Waals surface area contributed by atoms with Crippen LogP contribution in [-0.2, 0) is 4.79 Å². The van der Waals surface area contributed by atoms with Crippen molar-refractivity contribution < 1.29 is 28.6 Å². The number of rotatable bonds is 11. The summed E-state index contributed by atoms with van der Waals surface area (Å²) in [5, 5.41) is 10.7. The quantitative estimate of drug-likeness (QED) is 0.318. The Morgan fingerprint density at radius 2 is 1.75 bits per heavy atom. The second kappa shape index (κ2) is 11.1. The number of benzene rings is 2. The van der Waals surface area contributed by atoms with Crippen LogP contribution in [0, 0.1) is 6.92 Å². The number of para-hydroxylation sites is 1. The van der Waals surface area contributed by atoms with Gasteiger partial charge in [-0.1, -0.05) is 30.3 Å². The van der Waals surface area contributed by atoms with E-state index in [-0.39, 0.29) is 11.3 Å². The number of aliphatic hydroxyl groups is 1. The smallest absolute Gasteiger partial charge is 0.290 e. The first-order valence-electron chi connectivity index (χ1n) is 11.7. The Hall–Kier alpha value is -4.04. The molecule has 1 N–H and O–H groups in total. The summed E-state index contributed by atoms with van der Waals surface area (Å²) in [6.07, 6.45) is 1.38. The van der Waals surface area contributed by atoms with Gasteiger partial charge in [0, 0.05) is 13.1 Å². The van der Waals surface area contributed by atoms with Gasteiger partial charge < -0.3 is 28.8 Å². The average molecular weight is 491 g/mol. The molecule has 0 saturated heterocycles. The molecule has 0 unspecified atom stereocenters. The van der Waals surface area contributed by atoms with Crippen molar-refractivity contribution in [2.45, 2.75) is 13.0 Å². The summed E-state index contributed by atoms with van der Waals surface area (Å²) in [5.74, 6) is -0.127. The van der Waals surface area contributed by atoms with E-state index in [1.165, 1.54) is 17.2 Å². The van der Waals surface area contributed by atoms with Gasteiger partial charge in [0.05, 0.1) is 17.9 Å². The standard InChI is InChI=1S/C28H30N2O6/c1-19-7-4-5-8-22(19)36-18-17-34-21-12-10-20(11-13-21)25-24(26(31)23-9-6-16-35-23)27(32)28(33)30(25)15-14-29(2)3/h4-13,16,25,32H,14-15,17-18H2,1-3H3/t25-/m0/s1. The van der Waals surface area contributed by atoms with Crippen LogP contribution in [0.15, 0.2) is 82.7 Å². The Morgan fingerprint density at radius 1 is 1.03 bits per heavy atom. The SMILES string of the molecule is Cc1ccccc1OCCOc1ccc([C@H]2C(C(=O)c3ccco3)=C(O)C(=O)N2CCN(C)C)cc1. The van der Waals surface area contributed by atoms with Crippen LogP contribution < -0.4 is 9.47 Å².